The molecule has 3 rings (SSSR count). The van der Waals surface area contributed by atoms with Crippen LogP contribution in [0.4, 0.5) is 5.82 Å². The van der Waals surface area contributed by atoms with E-state index in [9.17, 15) is 4.79 Å². The zero-order valence-corrected chi connectivity index (χ0v) is 10.4. The number of H-pyrrole nitrogens is 1. The van der Waals surface area contributed by atoms with Gasteiger partial charge in [-0.2, -0.15) is 5.10 Å². The standard InChI is InChI=1S/C14H15N3O2/c18-14(19)11-6-7-17(9-11)13-8-12(15-16-13)10-4-2-1-3-5-10/h1-5,8,11H,6-7,9H2,(H,15,16)(H,18,19)/t11-/m1/s1. The number of hydrogen-bond acceptors (Lipinski definition) is 3. The molecule has 98 valence electrons. The van der Waals surface area contributed by atoms with Crippen LogP contribution in [0.5, 0.6) is 0 Å². The Bertz CT molecular complexity index is 579. The maximum Gasteiger partial charge on any atom is 0.308 e. The highest BCUT2D eigenvalue weighted by Gasteiger charge is 2.29. The normalized spacial score (nSPS) is 18.7. The number of nitrogens with one attached hydrogen (secondary N) is 1. The van der Waals surface area contributed by atoms with Crippen LogP contribution in [0.25, 0.3) is 11.3 Å². The predicted molar refractivity (Wildman–Crippen MR) is 72.0 cm³/mol. The largest absolute Gasteiger partial charge is 0.481 e. The van der Waals surface area contributed by atoms with Crippen LogP contribution in [0.2, 0.25) is 0 Å². The van der Waals surface area contributed by atoms with E-state index >= 15 is 0 Å². The van der Waals surface area contributed by atoms with Crippen molar-refractivity contribution >= 4 is 11.8 Å². The maximum atomic E-state index is 11.0. The molecule has 2 aromatic rings. The van der Waals surface area contributed by atoms with E-state index in [1.807, 2.05) is 41.3 Å². The molecule has 0 saturated carbocycles. The molecule has 0 spiro atoms. The lowest BCUT2D eigenvalue weighted by molar-refractivity contribution is -0.140. The number of aromatic amines is 1. The van der Waals surface area contributed by atoms with Crippen molar-refractivity contribution in [2.24, 2.45) is 5.92 Å². The molecule has 0 radical (unpaired) electrons. The predicted octanol–water partition coefficient (Wildman–Crippen LogP) is 1.99. The second-order valence-electron chi connectivity index (χ2n) is 4.78. The van der Waals surface area contributed by atoms with Crippen LogP contribution in [0.1, 0.15) is 6.42 Å². The van der Waals surface area contributed by atoms with Crippen molar-refractivity contribution in [2.45, 2.75) is 6.42 Å². The molecule has 5 heteroatoms. The smallest absolute Gasteiger partial charge is 0.308 e. The SMILES string of the molecule is O=C(O)[C@@H]1CCN(c2cc(-c3ccccc3)[nH]n2)C1. The second kappa shape index (κ2) is 4.76. The Morgan fingerprint density at radius 1 is 1.37 bits per heavy atom. The van der Waals surface area contributed by atoms with Crippen molar-refractivity contribution in [2.75, 3.05) is 18.0 Å². The highest BCUT2D eigenvalue weighted by Crippen LogP contribution is 2.26. The zero-order valence-electron chi connectivity index (χ0n) is 10.4. The first-order valence-corrected chi connectivity index (χ1v) is 6.32. The number of nitrogens with zero attached hydrogens (tertiary/aromatic N) is 2. The first-order valence-electron chi connectivity index (χ1n) is 6.32. The summed E-state index contributed by atoms with van der Waals surface area (Å²) in [6.07, 6.45) is 0.683. The van der Waals surface area contributed by atoms with E-state index in [0.29, 0.717) is 13.0 Å². The van der Waals surface area contributed by atoms with E-state index in [4.69, 9.17) is 5.11 Å². The minimum atomic E-state index is -0.721. The average Bonchev–Trinajstić information content (AvgIpc) is 3.09. The van der Waals surface area contributed by atoms with Gasteiger partial charge in [-0.05, 0) is 12.0 Å². The van der Waals surface area contributed by atoms with E-state index in [2.05, 4.69) is 10.2 Å². The fraction of sp³-hybridized carbons (Fsp3) is 0.286. The molecular formula is C14H15N3O2. The average molecular weight is 257 g/mol. The van der Waals surface area contributed by atoms with Crippen molar-refractivity contribution in [1.82, 2.24) is 10.2 Å². The lowest BCUT2D eigenvalue weighted by Gasteiger charge is -2.13. The van der Waals surface area contributed by atoms with E-state index in [-0.39, 0.29) is 5.92 Å². The van der Waals surface area contributed by atoms with Crippen LogP contribution in [-0.2, 0) is 4.79 Å². The molecule has 1 aromatic carbocycles. The van der Waals surface area contributed by atoms with E-state index in [1.54, 1.807) is 0 Å². The van der Waals surface area contributed by atoms with Gasteiger partial charge in [-0.25, -0.2) is 0 Å². The molecule has 1 saturated heterocycles. The van der Waals surface area contributed by atoms with Crippen molar-refractivity contribution in [3.8, 4) is 11.3 Å². The molecule has 1 aliphatic rings. The summed E-state index contributed by atoms with van der Waals surface area (Å²) in [4.78, 5) is 13.0. The molecule has 0 amide bonds. The van der Waals surface area contributed by atoms with E-state index in [0.717, 1.165) is 23.6 Å². The molecule has 1 atom stereocenters. The van der Waals surface area contributed by atoms with Crippen LogP contribution in [0, 0.1) is 5.92 Å². The van der Waals surface area contributed by atoms with Gasteiger partial charge in [0.05, 0.1) is 11.6 Å². The number of carbonyl (C=O) groups is 1. The van der Waals surface area contributed by atoms with Crippen molar-refractivity contribution in [3.63, 3.8) is 0 Å². The summed E-state index contributed by atoms with van der Waals surface area (Å²) in [6.45, 7) is 1.28. The fourth-order valence-electron chi connectivity index (χ4n) is 2.41. The lowest BCUT2D eigenvalue weighted by atomic mass is 10.1. The molecular weight excluding hydrogens is 242 g/mol. The lowest BCUT2D eigenvalue weighted by Crippen LogP contribution is -2.22. The van der Waals surface area contributed by atoms with Crippen LogP contribution in [-0.4, -0.2) is 34.4 Å². The Kier molecular flexibility index (Phi) is 2.95. The van der Waals surface area contributed by atoms with Crippen molar-refractivity contribution in [1.29, 1.82) is 0 Å². The van der Waals surface area contributed by atoms with Gasteiger partial charge in [0.15, 0.2) is 5.82 Å². The molecule has 5 nitrogen and oxygen atoms in total. The summed E-state index contributed by atoms with van der Waals surface area (Å²) in [5.74, 6) is -0.180. The van der Waals surface area contributed by atoms with Gasteiger partial charge in [0.25, 0.3) is 0 Å². The van der Waals surface area contributed by atoms with Gasteiger partial charge in [-0.15, -0.1) is 0 Å². The summed E-state index contributed by atoms with van der Waals surface area (Å²) in [5.41, 5.74) is 2.03. The number of hydrogen-bond donors (Lipinski definition) is 2. The Balaban J connectivity index is 1.78. The minimum Gasteiger partial charge on any atom is -0.481 e. The highest BCUT2D eigenvalue weighted by molar-refractivity contribution is 5.72. The van der Waals surface area contributed by atoms with Gasteiger partial charge in [-0.3, -0.25) is 9.89 Å². The van der Waals surface area contributed by atoms with Crippen LogP contribution in [0.3, 0.4) is 0 Å². The number of aliphatic carboxylic acids is 1. The van der Waals surface area contributed by atoms with Gasteiger partial charge >= 0.3 is 5.97 Å². The molecule has 1 fully saturated rings. The number of anilines is 1. The minimum absolute atomic E-state index is 0.281. The number of carboxylic acids is 1. The Morgan fingerprint density at radius 3 is 2.84 bits per heavy atom. The van der Waals surface area contributed by atoms with E-state index < -0.39 is 5.97 Å². The Labute approximate surface area is 110 Å². The molecule has 0 bridgehead atoms. The van der Waals surface area contributed by atoms with Gasteiger partial charge in [0, 0.05) is 19.2 Å². The van der Waals surface area contributed by atoms with Crippen LogP contribution < -0.4 is 4.90 Å². The zero-order chi connectivity index (χ0) is 13.2. The molecule has 2 heterocycles. The first-order chi connectivity index (χ1) is 9.24. The highest BCUT2D eigenvalue weighted by atomic mass is 16.4. The van der Waals surface area contributed by atoms with Crippen LogP contribution >= 0.6 is 0 Å². The monoisotopic (exact) mass is 257 g/mol. The van der Waals surface area contributed by atoms with Gasteiger partial charge in [0.1, 0.15) is 0 Å². The Hall–Kier alpha value is -2.30. The quantitative estimate of drug-likeness (QED) is 0.882. The number of rotatable bonds is 3. The molecule has 1 aromatic heterocycles. The van der Waals surface area contributed by atoms with Crippen molar-refractivity contribution in [3.05, 3.63) is 36.4 Å². The number of aromatic nitrogens is 2. The third-order valence-corrected chi connectivity index (χ3v) is 3.51. The molecule has 1 aliphatic heterocycles. The summed E-state index contributed by atoms with van der Waals surface area (Å²) in [7, 11) is 0. The summed E-state index contributed by atoms with van der Waals surface area (Å²) < 4.78 is 0. The molecule has 0 aliphatic carbocycles. The third-order valence-electron chi connectivity index (χ3n) is 3.51. The Morgan fingerprint density at radius 2 is 2.16 bits per heavy atom. The number of carboxylic acid groups (broad SMARTS) is 1. The molecule has 0 unspecified atom stereocenters. The fourth-order valence-corrected chi connectivity index (χ4v) is 2.41. The third kappa shape index (κ3) is 2.31. The van der Waals surface area contributed by atoms with E-state index in [1.165, 1.54) is 0 Å². The molecule has 2 N–H and O–H groups in total. The van der Waals surface area contributed by atoms with Gasteiger partial charge in [0.2, 0.25) is 0 Å². The summed E-state index contributed by atoms with van der Waals surface area (Å²) in [5, 5.41) is 16.3. The van der Waals surface area contributed by atoms with Crippen molar-refractivity contribution < 1.29 is 9.90 Å². The van der Waals surface area contributed by atoms with Gasteiger partial charge < -0.3 is 10.0 Å². The number of benzene rings is 1. The summed E-state index contributed by atoms with van der Waals surface area (Å²) >= 11 is 0. The maximum absolute atomic E-state index is 11.0. The topological polar surface area (TPSA) is 69.2 Å². The first kappa shape index (κ1) is 11.8. The van der Waals surface area contributed by atoms with Crippen LogP contribution in [0.15, 0.2) is 36.4 Å². The van der Waals surface area contributed by atoms with Gasteiger partial charge in [-0.1, -0.05) is 30.3 Å². The second-order valence-corrected chi connectivity index (χ2v) is 4.78. The summed E-state index contributed by atoms with van der Waals surface area (Å²) in [6, 6.07) is 11.9. The molecule has 19 heavy (non-hydrogen) atoms.